The molecular weight excluding hydrogens is 274 g/mol. The van der Waals surface area contributed by atoms with Gasteiger partial charge in [-0.3, -0.25) is 0 Å². The van der Waals surface area contributed by atoms with Gasteiger partial charge in [0.2, 0.25) is 0 Å². The molecule has 1 aromatic rings. The monoisotopic (exact) mass is 287 g/mol. The van der Waals surface area contributed by atoms with Crippen LogP contribution in [0.3, 0.4) is 0 Å². The van der Waals surface area contributed by atoms with Gasteiger partial charge in [-0.2, -0.15) is 0 Å². The molecule has 0 amide bonds. The van der Waals surface area contributed by atoms with Crippen LogP contribution < -0.4 is 5.73 Å². The van der Waals surface area contributed by atoms with E-state index in [1.54, 1.807) is 0 Å². The lowest BCUT2D eigenvalue weighted by Gasteiger charge is -2.10. The predicted molar refractivity (Wildman–Crippen MR) is 67.0 cm³/mol. The summed E-state index contributed by atoms with van der Waals surface area (Å²) in [5, 5.41) is 10.4. The lowest BCUT2D eigenvalue weighted by atomic mass is 10.1. The summed E-state index contributed by atoms with van der Waals surface area (Å²) < 4.78 is 1.06. The number of aliphatic hydroxyl groups is 1. The number of aliphatic hydroxyl groups excluding tert-OH is 1. The van der Waals surface area contributed by atoms with E-state index >= 15 is 0 Å². The maximum atomic E-state index is 9.59. The summed E-state index contributed by atoms with van der Waals surface area (Å²) >= 11 is 5.43. The molecule has 1 aliphatic carbocycles. The van der Waals surface area contributed by atoms with Gasteiger partial charge in [-0.1, -0.05) is 6.07 Å². The molecule has 1 fully saturated rings. The molecule has 1 saturated carbocycles. The number of halogens is 1. The van der Waals surface area contributed by atoms with E-state index in [-0.39, 0.29) is 6.54 Å². The highest BCUT2D eigenvalue weighted by atomic mass is 79.9. The molecule has 0 aliphatic heterocycles. The molecule has 4 heteroatoms. The van der Waals surface area contributed by atoms with E-state index in [2.05, 4.69) is 22.0 Å². The van der Waals surface area contributed by atoms with Crippen molar-refractivity contribution in [3.63, 3.8) is 0 Å². The van der Waals surface area contributed by atoms with Crippen LogP contribution in [0, 0.1) is 0 Å². The van der Waals surface area contributed by atoms with Gasteiger partial charge in [0.1, 0.15) is 0 Å². The number of hydrogen-bond acceptors (Lipinski definition) is 3. The Morgan fingerprint density at radius 1 is 1.53 bits per heavy atom. The third kappa shape index (κ3) is 2.97. The molecule has 0 spiro atoms. The van der Waals surface area contributed by atoms with E-state index in [9.17, 15) is 5.11 Å². The van der Waals surface area contributed by atoms with Gasteiger partial charge in [0.15, 0.2) is 0 Å². The highest BCUT2D eigenvalue weighted by Gasteiger charge is 2.23. The zero-order chi connectivity index (χ0) is 10.8. The molecule has 0 saturated heterocycles. The van der Waals surface area contributed by atoms with Crippen LogP contribution in [0.4, 0.5) is 0 Å². The Balaban J connectivity index is 2.13. The maximum absolute atomic E-state index is 9.59. The first-order valence-electron chi connectivity index (χ1n) is 5.05. The number of thioether (sulfide) groups is 1. The SMILES string of the molecule is NCC(O)c1ccc(SC2CC2)c(Br)c1. The van der Waals surface area contributed by atoms with Crippen LogP contribution in [-0.4, -0.2) is 16.9 Å². The fourth-order valence-electron chi connectivity index (χ4n) is 1.32. The van der Waals surface area contributed by atoms with Gasteiger partial charge in [0, 0.05) is 21.2 Å². The fourth-order valence-corrected chi connectivity index (χ4v) is 3.05. The largest absolute Gasteiger partial charge is 0.387 e. The third-order valence-corrected chi connectivity index (χ3v) is 4.72. The fraction of sp³-hybridized carbons (Fsp3) is 0.455. The van der Waals surface area contributed by atoms with Gasteiger partial charge >= 0.3 is 0 Å². The van der Waals surface area contributed by atoms with E-state index in [4.69, 9.17) is 5.73 Å². The molecule has 3 N–H and O–H groups in total. The summed E-state index contributed by atoms with van der Waals surface area (Å²) in [4.78, 5) is 1.26. The molecular formula is C11H14BrNOS. The first-order chi connectivity index (χ1) is 7.20. The van der Waals surface area contributed by atoms with Crippen LogP contribution in [0.5, 0.6) is 0 Å². The minimum Gasteiger partial charge on any atom is -0.387 e. The molecule has 0 aromatic heterocycles. The number of hydrogen-bond donors (Lipinski definition) is 2. The van der Waals surface area contributed by atoms with Crippen molar-refractivity contribution in [3.05, 3.63) is 28.2 Å². The molecule has 0 radical (unpaired) electrons. The Kier molecular flexibility index (Phi) is 3.72. The lowest BCUT2D eigenvalue weighted by Crippen LogP contribution is -2.11. The second-order valence-electron chi connectivity index (χ2n) is 3.76. The second-order valence-corrected chi connectivity index (χ2v) is 5.96. The highest BCUT2D eigenvalue weighted by molar-refractivity contribution is 9.10. The number of benzene rings is 1. The number of rotatable bonds is 4. The summed E-state index contributed by atoms with van der Waals surface area (Å²) in [5.41, 5.74) is 6.29. The standard InChI is InChI=1S/C11H14BrNOS/c12-9-5-7(10(14)6-13)1-4-11(9)15-8-2-3-8/h1,4-5,8,10,14H,2-3,6,13H2. The van der Waals surface area contributed by atoms with Crippen LogP contribution in [0.2, 0.25) is 0 Å². The molecule has 2 rings (SSSR count). The Labute approximate surface area is 102 Å². The zero-order valence-corrected chi connectivity index (χ0v) is 10.7. The van der Waals surface area contributed by atoms with Crippen molar-refractivity contribution < 1.29 is 5.11 Å². The first-order valence-corrected chi connectivity index (χ1v) is 6.72. The molecule has 0 bridgehead atoms. The van der Waals surface area contributed by atoms with Crippen molar-refractivity contribution >= 4 is 27.7 Å². The van der Waals surface area contributed by atoms with Crippen molar-refractivity contribution in [3.8, 4) is 0 Å². The van der Waals surface area contributed by atoms with E-state index in [0.717, 1.165) is 15.3 Å². The van der Waals surface area contributed by atoms with Crippen LogP contribution in [0.1, 0.15) is 24.5 Å². The molecule has 0 heterocycles. The lowest BCUT2D eigenvalue weighted by molar-refractivity contribution is 0.186. The van der Waals surface area contributed by atoms with Crippen LogP contribution in [0.25, 0.3) is 0 Å². The highest BCUT2D eigenvalue weighted by Crippen LogP contribution is 2.42. The molecule has 82 valence electrons. The smallest absolute Gasteiger partial charge is 0.0912 e. The van der Waals surface area contributed by atoms with Crippen LogP contribution in [-0.2, 0) is 0 Å². The van der Waals surface area contributed by atoms with Gasteiger partial charge in [-0.15, -0.1) is 11.8 Å². The Morgan fingerprint density at radius 3 is 2.80 bits per heavy atom. The topological polar surface area (TPSA) is 46.2 Å². The summed E-state index contributed by atoms with van der Waals surface area (Å²) in [6, 6.07) is 5.97. The van der Waals surface area contributed by atoms with E-state index in [1.807, 2.05) is 23.9 Å². The van der Waals surface area contributed by atoms with Crippen molar-refractivity contribution in [2.75, 3.05) is 6.54 Å². The van der Waals surface area contributed by atoms with Crippen LogP contribution in [0.15, 0.2) is 27.6 Å². The Morgan fingerprint density at radius 2 is 2.27 bits per heavy atom. The average Bonchev–Trinajstić information content (AvgIpc) is 3.04. The minimum absolute atomic E-state index is 0.265. The van der Waals surface area contributed by atoms with Crippen molar-refractivity contribution in [2.24, 2.45) is 5.73 Å². The van der Waals surface area contributed by atoms with E-state index in [0.29, 0.717) is 0 Å². The average molecular weight is 288 g/mol. The Bertz CT molecular complexity index is 354. The molecule has 1 aromatic carbocycles. The minimum atomic E-state index is -0.554. The number of nitrogens with two attached hydrogens (primary N) is 1. The second kappa shape index (κ2) is 4.87. The third-order valence-electron chi connectivity index (χ3n) is 2.38. The summed E-state index contributed by atoms with van der Waals surface area (Å²) in [7, 11) is 0. The molecule has 1 unspecified atom stereocenters. The van der Waals surface area contributed by atoms with Crippen molar-refractivity contribution in [1.82, 2.24) is 0 Å². The van der Waals surface area contributed by atoms with Gasteiger partial charge in [-0.05, 0) is 46.5 Å². The zero-order valence-electron chi connectivity index (χ0n) is 8.32. The van der Waals surface area contributed by atoms with E-state index in [1.165, 1.54) is 17.7 Å². The summed E-state index contributed by atoms with van der Waals surface area (Å²) in [6.45, 7) is 0.265. The van der Waals surface area contributed by atoms with Gasteiger partial charge in [-0.25, -0.2) is 0 Å². The van der Waals surface area contributed by atoms with E-state index < -0.39 is 6.10 Å². The van der Waals surface area contributed by atoms with Crippen molar-refractivity contribution in [1.29, 1.82) is 0 Å². The van der Waals surface area contributed by atoms with Crippen LogP contribution >= 0.6 is 27.7 Å². The van der Waals surface area contributed by atoms with Gasteiger partial charge < -0.3 is 10.8 Å². The predicted octanol–water partition coefficient (Wildman–Crippen LogP) is 2.70. The molecule has 2 nitrogen and oxygen atoms in total. The van der Waals surface area contributed by atoms with Gasteiger partial charge in [0.25, 0.3) is 0 Å². The molecule has 15 heavy (non-hydrogen) atoms. The van der Waals surface area contributed by atoms with Crippen molar-refractivity contribution in [2.45, 2.75) is 29.1 Å². The summed E-state index contributed by atoms with van der Waals surface area (Å²) in [6.07, 6.45) is 2.09. The quantitative estimate of drug-likeness (QED) is 0.895. The molecule has 1 aliphatic rings. The maximum Gasteiger partial charge on any atom is 0.0912 e. The van der Waals surface area contributed by atoms with Gasteiger partial charge in [0.05, 0.1) is 6.10 Å². The first kappa shape index (κ1) is 11.5. The molecule has 1 atom stereocenters. The summed E-state index contributed by atoms with van der Waals surface area (Å²) in [5.74, 6) is 0. The normalized spacial score (nSPS) is 17.8. The Hall–Kier alpha value is -0.0300.